The summed E-state index contributed by atoms with van der Waals surface area (Å²) >= 11 is 4.43. The molecule has 1 rings (SSSR count). The van der Waals surface area contributed by atoms with Gasteiger partial charge in [-0.2, -0.15) is 0 Å². The third kappa shape index (κ3) is 3.25. The van der Waals surface area contributed by atoms with E-state index in [1.807, 2.05) is 6.92 Å². The molecular formula is C8H12BrNO3S2. The number of nitrogens with one attached hydrogen (secondary N) is 1. The molecule has 4 nitrogen and oxygen atoms in total. The maximum atomic E-state index is 11.7. The van der Waals surface area contributed by atoms with Gasteiger partial charge in [0.1, 0.15) is 4.21 Å². The smallest absolute Gasteiger partial charge is 0.250 e. The van der Waals surface area contributed by atoms with Crippen molar-refractivity contribution in [2.45, 2.75) is 24.1 Å². The average Bonchev–Trinajstić information content (AvgIpc) is 2.47. The Kier molecular flexibility index (Phi) is 4.30. The Morgan fingerprint density at radius 2 is 2.27 bits per heavy atom. The molecule has 0 amide bonds. The fourth-order valence-electron chi connectivity index (χ4n) is 0.924. The largest absolute Gasteiger partial charge is 0.395 e. The van der Waals surface area contributed by atoms with E-state index < -0.39 is 16.1 Å². The van der Waals surface area contributed by atoms with Crippen molar-refractivity contribution in [1.82, 2.24) is 4.72 Å². The van der Waals surface area contributed by atoms with Crippen LogP contribution in [0.5, 0.6) is 0 Å². The zero-order valence-corrected chi connectivity index (χ0v) is 11.5. The van der Waals surface area contributed by atoms with E-state index in [1.165, 1.54) is 0 Å². The highest BCUT2D eigenvalue weighted by molar-refractivity contribution is 9.11. The zero-order valence-electron chi connectivity index (χ0n) is 8.32. The van der Waals surface area contributed by atoms with Gasteiger partial charge in [0.15, 0.2) is 0 Å². The van der Waals surface area contributed by atoms with Crippen molar-refractivity contribution < 1.29 is 13.5 Å². The highest BCUT2D eigenvalue weighted by Crippen LogP contribution is 2.30. The Morgan fingerprint density at radius 1 is 1.67 bits per heavy atom. The topological polar surface area (TPSA) is 66.4 Å². The Morgan fingerprint density at radius 3 is 2.67 bits per heavy atom. The number of aryl methyl sites for hydroxylation is 1. The van der Waals surface area contributed by atoms with E-state index in [0.717, 1.165) is 20.7 Å². The van der Waals surface area contributed by atoms with Gasteiger partial charge in [-0.15, -0.1) is 11.3 Å². The number of rotatable bonds is 4. The van der Waals surface area contributed by atoms with Crippen molar-refractivity contribution in [3.8, 4) is 0 Å². The Balaban J connectivity index is 2.96. The number of hydrogen-bond donors (Lipinski definition) is 2. The van der Waals surface area contributed by atoms with E-state index in [1.54, 1.807) is 13.0 Å². The van der Waals surface area contributed by atoms with Crippen molar-refractivity contribution in [2.24, 2.45) is 0 Å². The summed E-state index contributed by atoms with van der Waals surface area (Å²) in [5.74, 6) is 0. The van der Waals surface area contributed by atoms with Crippen molar-refractivity contribution in [2.75, 3.05) is 6.61 Å². The standard InChI is InChI=1S/C8H12BrNO3S2/c1-5-3-7(14-8(5)9)15(12,13)10-6(2)4-11/h3,6,10-11H,4H2,1-2H3/t6-/m1/s1. The van der Waals surface area contributed by atoms with Gasteiger partial charge < -0.3 is 5.11 Å². The molecule has 1 heterocycles. The summed E-state index contributed by atoms with van der Waals surface area (Å²) in [5, 5.41) is 8.77. The third-order valence-corrected chi connectivity index (χ3v) is 5.93. The highest BCUT2D eigenvalue weighted by Gasteiger charge is 2.20. The van der Waals surface area contributed by atoms with Gasteiger partial charge in [-0.1, -0.05) is 0 Å². The molecule has 0 saturated carbocycles. The molecule has 0 spiro atoms. The fourth-order valence-corrected chi connectivity index (χ4v) is 4.40. The summed E-state index contributed by atoms with van der Waals surface area (Å²) in [5.41, 5.74) is 0.886. The summed E-state index contributed by atoms with van der Waals surface area (Å²) in [6.45, 7) is 3.22. The number of aliphatic hydroxyl groups excluding tert-OH is 1. The van der Waals surface area contributed by atoms with Crippen LogP contribution in [0, 0.1) is 6.92 Å². The van der Waals surface area contributed by atoms with E-state index in [-0.39, 0.29) is 10.8 Å². The molecule has 7 heteroatoms. The minimum atomic E-state index is -3.49. The molecule has 2 N–H and O–H groups in total. The second-order valence-corrected chi connectivity index (χ2v) is 7.54. The predicted octanol–water partition coefficient (Wildman–Crippen LogP) is 1.48. The van der Waals surface area contributed by atoms with E-state index in [0.29, 0.717) is 0 Å². The summed E-state index contributed by atoms with van der Waals surface area (Å²) in [7, 11) is -3.49. The van der Waals surface area contributed by atoms with Gasteiger partial charge in [0.25, 0.3) is 0 Å². The van der Waals surface area contributed by atoms with Crippen LogP contribution in [-0.2, 0) is 10.0 Å². The monoisotopic (exact) mass is 313 g/mol. The molecule has 0 saturated heterocycles. The van der Waals surface area contributed by atoms with Crippen molar-refractivity contribution in [3.05, 3.63) is 15.4 Å². The summed E-state index contributed by atoms with van der Waals surface area (Å²) in [6.07, 6.45) is 0. The van der Waals surface area contributed by atoms with Crippen LogP contribution in [0.2, 0.25) is 0 Å². The molecule has 0 aliphatic heterocycles. The molecule has 0 bridgehead atoms. The lowest BCUT2D eigenvalue weighted by Crippen LogP contribution is -2.34. The molecule has 0 fully saturated rings. The lowest BCUT2D eigenvalue weighted by molar-refractivity contribution is 0.265. The molecule has 0 aliphatic rings. The van der Waals surface area contributed by atoms with Gasteiger partial charge in [0, 0.05) is 6.04 Å². The summed E-state index contributed by atoms with van der Waals surface area (Å²) in [6, 6.07) is 1.12. The Labute approximate surface area is 102 Å². The molecule has 0 aliphatic carbocycles. The molecule has 1 aromatic rings. The average molecular weight is 314 g/mol. The van der Waals surface area contributed by atoms with Crippen LogP contribution in [0.15, 0.2) is 14.1 Å². The van der Waals surface area contributed by atoms with Gasteiger partial charge in [0.05, 0.1) is 10.4 Å². The van der Waals surface area contributed by atoms with Gasteiger partial charge in [-0.05, 0) is 41.4 Å². The van der Waals surface area contributed by atoms with Crippen molar-refractivity contribution in [3.63, 3.8) is 0 Å². The van der Waals surface area contributed by atoms with E-state index >= 15 is 0 Å². The first kappa shape index (κ1) is 13.1. The number of thiophene rings is 1. The molecule has 0 aromatic carbocycles. The molecule has 86 valence electrons. The Hall–Kier alpha value is 0.0500. The predicted molar refractivity (Wildman–Crippen MR) is 63.6 cm³/mol. The van der Waals surface area contributed by atoms with Gasteiger partial charge in [-0.3, -0.25) is 0 Å². The van der Waals surface area contributed by atoms with E-state index in [9.17, 15) is 8.42 Å². The quantitative estimate of drug-likeness (QED) is 0.884. The van der Waals surface area contributed by atoms with Crippen molar-refractivity contribution >= 4 is 37.3 Å². The highest BCUT2D eigenvalue weighted by atomic mass is 79.9. The van der Waals surface area contributed by atoms with E-state index in [2.05, 4.69) is 20.7 Å². The summed E-state index contributed by atoms with van der Waals surface area (Å²) in [4.78, 5) is 0. The third-order valence-electron chi connectivity index (χ3n) is 1.73. The van der Waals surface area contributed by atoms with Gasteiger partial charge in [-0.25, -0.2) is 13.1 Å². The SMILES string of the molecule is Cc1cc(S(=O)(=O)N[C@H](C)CO)sc1Br. The molecule has 0 radical (unpaired) electrons. The van der Waals surface area contributed by atoms with Crippen LogP contribution < -0.4 is 4.72 Å². The minimum Gasteiger partial charge on any atom is -0.395 e. The molecule has 15 heavy (non-hydrogen) atoms. The lowest BCUT2D eigenvalue weighted by Gasteiger charge is -2.09. The first-order valence-corrected chi connectivity index (χ1v) is 7.35. The number of aliphatic hydroxyl groups is 1. The first-order valence-electron chi connectivity index (χ1n) is 4.26. The number of sulfonamides is 1. The van der Waals surface area contributed by atoms with Crippen LogP contribution in [0.4, 0.5) is 0 Å². The van der Waals surface area contributed by atoms with Crippen LogP contribution in [-0.4, -0.2) is 26.2 Å². The van der Waals surface area contributed by atoms with Crippen LogP contribution in [0.25, 0.3) is 0 Å². The molecule has 0 unspecified atom stereocenters. The second kappa shape index (κ2) is 4.92. The molecular weight excluding hydrogens is 302 g/mol. The van der Waals surface area contributed by atoms with Crippen molar-refractivity contribution in [1.29, 1.82) is 0 Å². The minimum absolute atomic E-state index is 0.218. The maximum absolute atomic E-state index is 11.7. The Bertz CT molecular complexity index is 421. The van der Waals surface area contributed by atoms with E-state index in [4.69, 9.17) is 5.11 Å². The molecule has 1 aromatic heterocycles. The van der Waals surface area contributed by atoms with Crippen LogP contribution in [0.3, 0.4) is 0 Å². The zero-order chi connectivity index (χ0) is 11.6. The van der Waals surface area contributed by atoms with Crippen LogP contribution in [0.1, 0.15) is 12.5 Å². The van der Waals surface area contributed by atoms with Crippen LogP contribution >= 0.6 is 27.3 Å². The number of halogens is 1. The second-order valence-electron chi connectivity index (χ2n) is 3.23. The number of hydrogen-bond acceptors (Lipinski definition) is 4. The van der Waals surface area contributed by atoms with Gasteiger partial charge >= 0.3 is 0 Å². The fraction of sp³-hybridized carbons (Fsp3) is 0.500. The first-order chi connectivity index (χ1) is 6.86. The van der Waals surface area contributed by atoms with Gasteiger partial charge in [0.2, 0.25) is 10.0 Å². The lowest BCUT2D eigenvalue weighted by atomic mass is 10.4. The summed E-state index contributed by atoms with van der Waals surface area (Å²) < 4.78 is 26.9. The normalized spacial score (nSPS) is 14.1. The maximum Gasteiger partial charge on any atom is 0.250 e. The molecule has 1 atom stereocenters.